The Hall–Kier alpha value is -1.39. The Morgan fingerprint density at radius 2 is 2.00 bits per heavy atom. The monoisotopic (exact) mass is 247 g/mol. The van der Waals surface area contributed by atoms with Gasteiger partial charge in [0.1, 0.15) is 5.82 Å². The Balaban J connectivity index is 2.19. The summed E-state index contributed by atoms with van der Waals surface area (Å²) in [6, 6.07) is 10.2. The van der Waals surface area contributed by atoms with E-state index in [1.165, 1.54) is 5.00 Å². The first-order valence-electron chi connectivity index (χ1n) is 5.64. The van der Waals surface area contributed by atoms with Gasteiger partial charge in [0.25, 0.3) is 0 Å². The van der Waals surface area contributed by atoms with Crippen LogP contribution in [0.5, 0.6) is 0 Å². The third-order valence-corrected chi connectivity index (χ3v) is 3.36. The normalized spacial score (nSPS) is 10.8. The molecule has 90 valence electrons. The Labute approximate surface area is 106 Å². The zero-order chi connectivity index (χ0) is 12.1. The molecule has 0 bridgehead atoms. The predicted molar refractivity (Wildman–Crippen MR) is 74.1 cm³/mol. The molecule has 0 aromatic carbocycles. The quantitative estimate of drug-likeness (QED) is 0.810. The van der Waals surface area contributed by atoms with E-state index >= 15 is 0 Å². The smallest absolute Gasteiger partial charge is 0.133 e. The molecule has 0 radical (unpaired) electrons. The van der Waals surface area contributed by atoms with Crippen molar-refractivity contribution in [3.05, 3.63) is 41.9 Å². The second kappa shape index (κ2) is 5.80. The van der Waals surface area contributed by atoms with Gasteiger partial charge in [-0.2, -0.15) is 0 Å². The van der Waals surface area contributed by atoms with Crippen LogP contribution in [0.1, 0.15) is 0 Å². The second-order valence-electron chi connectivity index (χ2n) is 4.09. The van der Waals surface area contributed by atoms with Crippen LogP contribution in [0.15, 0.2) is 41.9 Å². The number of nitrogens with zero attached hydrogens (tertiary/aromatic N) is 3. The maximum atomic E-state index is 4.43. The number of likely N-dealkylation sites (N-methyl/N-ethyl adjacent to an activating group) is 1. The lowest BCUT2D eigenvalue weighted by atomic mass is 10.4. The number of rotatable bonds is 5. The van der Waals surface area contributed by atoms with E-state index in [4.69, 9.17) is 0 Å². The van der Waals surface area contributed by atoms with Gasteiger partial charge in [0.05, 0.1) is 5.00 Å². The van der Waals surface area contributed by atoms with Crippen molar-refractivity contribution < 1.29 is 0 Å². The Morgan fingerprint density at radius 3 is 2.59 bits per heavy atom. The molecule has 0 spiro atoms. The highest BCUT2D eigenvalue weighted by atomic mass is 32.1. The number of aromatic nitrogens is 1. The number of anilines is 2. The van der Waals surface area contributed by atoms with Crippen molar-refractivity contribution in [2.24, 2.45) is 0 Å². The summed E-state index contributed by atoms with van der Waals surface area (Å²) < 4.78 is 0. The van der Waals surface area contributed by atoms with Crippen LogP contribution in [-0.2, 0) is 0 Å². The summed E-state index contributed by atoms with van der Waals surface area (Å²) in [5.41, 5.74) is 0. The molecule has 0 saturated heterocycles. The molecule has 17 heavy (non-hydrogen) atoms. The molecule has 2 rings (SSSR count). The van der Waals surface area contributed by atoms with Gasteiger partial charge in [0, 0.05) is 19.3 Å². The average molecular weight is 247 g/mol. The van der Waals surface area contributed by atoms with E-state index in [2.05, 4.69) is 52.5 Å². The molecular weight excluding hydrogens is 230 g/mol. The highest BCUT2D eigenvalue weighted by Crippen LogP contribution is 2.27. The maximum absolute atomic E-state index is 4.43. The van der Waals surface area contributed by atoms with Crippen molar-refractivity contribution in [2.75, 3.05) is 32.1 Å². The van der Waals surface area contributed by atoms with Gasteiger partial charge in [0.2, 0.25) is 0 Å². The van der Waals surface area contributed by atoms with E-state index in [0.717, 1.165) is 18.9 Å². The number of hydrogen-bond acceptors (Lipinski definition) is 4. The van der Waals surface area contributed by atoms with Crippen LogP contribution >= 0.6 is 11.3 Å². The predicted octanol–water partition coefficient (Wildman–Crippen LogP) is 2.84. The van der Waals surface area contributed by atoms with Crippen molar-refractivity contribution in [3.63, 3.8) is 0 Å². The van der Waals surface area contributed by atoms with Crippen molar-refractivity contribution in [2.45, 2.75) is 0 Å². The zero-order valence-corrected chi connectivity index (χ0v) is 11.0. The van der Waals surface area contributed by atoms with Crippen LogP contribution in [-0.4, -0.2) is 37.1 Å². The summed E-state index contributed by atoms with van der Waals surface area (Å²) in [6.07, 6.45) is 1.84. The molecule has 0 saturated carbocycles. The summed E-state index contributed by atoms with van der Waals surface area (Å²) in [5.74, 6) is 1.01. The van der Waals surface area contributed by atoms with E-state index in [1.54, 1.807) is 11.3 Å². The van der Waals surface area contributed by atoms with E-state index in [9.17, 15) is 0 Å². The van der Waals surface area contributed by atoms with Gasteiger partial charge >= 0.3 is 0 Å². The van der Waals surface area contributed by atoms with E-state index in [1.807, 2.05) is 18.3 Å². The van der Waals surface area contributed by atoms with Gasteiger partial charge < -0.3 is 9.80 Å². The van der Waals surface area contributed by atoms with Gasteiger partial charge in [-0.1, -0.05) is 6.07 Å². The molecule has 0 amide bonds. The second-order valence-corrected chi connectivity index (χ2v) is 5.02. The summed E-state index contributed by atoms with van der Waals surface area (Å²) in [5, 5.41) is 3.34. The number of thiophene rings is 1. The number of hydrogen-bond donors (Lipinski definition) is 0. The van der Waals surface area contributed by atoms with Crippen LogP contribution in [0.25, 0.3) is 0 Å². The summed E-state index contributed by atoms with van der Waals surface area (Å²) in [7, 11) is 4.18. The lowest BCUT2D eigenvalue weighted by Crippen LogP contribution is -2.28. The lowest BCUT2D eigenvalue weighted by Gasteiger charge is -2.23. The van der Waals surface area contributed by atoms with Crippen LogP contribution in [0.4, 0.5) is 10.8 Å². The highest BCUT2D eigenvalue weighted by molar-refractivity contribution is 7.14. The van der Waals surface area contributed by atoms with E-state index < -0.39 is 0 Å². The third kappa shape index (κ3) is 3.28. The first-order valence-corrected chi connectivity index (χ1v) is 6.52. The standard InChI is InChI=1S/C13H17N3S/c1-15(2)9-10-16(13-7-5-11-17-13)12-6-3-4-8-14-12/h3-8,11H,9-10H2,1-2H3. The summed E-state index contributed by atoms with van der Waals surface area (Å²) >= 11 is 1.74. The molecule has 0 unspecified atom stereocenters. The molecule has 0 fully saturated rings. The van der Waals surface area contributed by atoms with Gasteiger partial charge in [-0.3, -0.25) is 0 Å². The SMILES string of the molecule is CN(C)CCN(c1ccccn1)c1cccs1. The van der Waals surface area contributed by atoms with Gasteiger partial charge in [-0.05, 0) is 43.7 Å². The van der Waals surface area contributed by atoms with Crippen molar-refractivity contribution >= 4 is 22.2 Å². The Kier molecular flexibility index (Phi) is 4.12. The average Bonchev–Trinajstić information content (AvgIpc) is 2.84. The Morgan fingerprint density at radius 1 is 1.12 bits per heavy atom. The van der Waals surface area contributed by atoms with Crippen LogP contribution in [0.2, 0.25) is 0 Å². The van der Waals surface area contributed by atoms with Crippen molar-refractivity contribution in [1.29, 1.82) is 0 Å². The van der Waals surface area contributed by atoms with Crippen molar-refractivity contribution in [3.8, 4) is 0 Å². The zero-order valence-electron chi connectivity index (χ0n) is 10.2. The first kappa shape index (κ1) is 12.1. The summed E-state index contributed by atoms with van der Waals surface area (Å²) in [6.45, 7) is 1.96. The van der Waals surface area contributed by atoms with Crippen LogP contribution < -0.4 is 4.90 Å². The fourth-order valence-corrected chi connectivity index (χ4v) is 2.34. The largest absolute Gasteiger partial charge is 0.317 e. The van der Waals surface area contributed by atoms with Crippen LogP contribution in [0.3, 0.4) is 0 Å². The topological polar surface area (TPSA) is 19.4 Å². The van der Waals surface area contributed by atoms with Gasteiger partial charge in [0.15, 0.2) is 0 Å². The minimum Gasteiger partial charge on any atom is -0.317 e. The molecule has 0 N–H and O–H groups in total. The molecular formula is C13H17N3S. The minimum atomic E-state index is 0.949. The van der Waals surface area contributed by atoms with Crippen molar-refractivity contribution in [1.82, 2.24) is 9.88 Å². The van der Waals surface area contributed by atoms with Gasteiger partial charge in [-0.25, -0.2) is 4.98 Å². The van der Waals surface area contributed by atoms with Crippen LogP contribution in [0, 0.1) is 0 Å². The molecule has 0 aliphatic carbocycles. The minimum absolute atomic E-state index is 0.949. The first-order chi connectivity index (χ1) is 8.27. The van der Waals surface area contributed by atoms with E-state index in [0.29, 0.717) is 0 Å². The fourth-order valence-electron chi connectivity index (χ4n) is 1.57. The molecule has 2 aromatic rings. The fraction of sp³-hybridized carbons (Fsp3) is 0.308. The molecule has 4 heteroatoms. The molecule has 2 heterocycles. The molecule has 0 aliphatic heterocycles. The number of pyridine rings is 1. The summed E-state index contributed by atoms with van der Waals surface area (Å²) in [4.78, 5) is 8.87. The molecule has 0 aliphatic rings. The van der Waals surface area contributed by atoms with Gasteiger partial charge in [-0.15, -0.1) is 11.3 Å². The Bertz CT molecular complexity index is 425. The molecule has 3 nitrogen and oxygen atoms in total. The molecule has 0 atom stereocenters. The third-order valence-electron chi connectivity index (χ3n) is 2.47. The highest BCUT2D eigenvalue weighted by Gasteiger charge is 2.10. The molecule has 2 aromatic heterocycles. The van der Waals surface area contributed by atoms with E-state index in [-0.39, 0.29) is 0 Å². The lowest BCUT2D eigenvalue weighted by molar-refractivity contribution is 0.418. The maximum Gasteiger partial charge on any atom is 0.133 e.